The molecule has 7 nitrogen and oxygen atoms in total. The lowest BCUT2D eigenvalue weighted by Crippen LogP contribution is -2.36. The van der Waals surface area contributed by atoms with Crippen molar-refractivity contribution in [3.8, 4) is 5.88 Å². The number of oxazole rings is 1. The summed E-state index contributed by atoms with van der Waals surface area (Å²) < 4.78 is 16.7. The molecule has 0 aliphatic carbocycles. The zero-order chi connectivity index (χ0) is 15.7. The molecule has 2 aliphatic heterocycles. The van der Waals surface area contributed by atoms with Gasteiger partial charge in [0.1, 0.15) is 12.4 Å². The molecule has 2 aliphatic rings. The fourth-order valence-corrected chi connectivity index (χ4v) is 3.25. The molecule has 4 rings (SSSR count). The van der Waals surface area contributed by atoms with Gasteiger partial charge in [-0.15, -0.1) is 0 Å². The Labute approximate surface area is 133 Å². The van der Waals surface area contributed by atoms with Gasteiger partial charge in [0.05, 0.1) is 18.8 Å². The summed E-state index contributed by atoms with van der Waals surface area (Å²) in [5.41, 5.74) is 0.0140. The fourth-order valence-electron chi connectivity index (χ4n) is 3.25. The molecular weight excluding hydrogens is 298 g/mol. The van der Waals surface area contributed by atoms with Crippen molar-refractivity contribution in [2.24, 2.45) is 0 Å². The third-order valence-corrected chi connectivity index (χ3v) is 4.36. The topological polar surface area (TPSA) is 77.7 Å². The van der Waals surface area contributed by atoms with Crippen LogP contribution in [0.2, 0.25) is 0 Å². The van der Waals surface area contributed by atoms with Gasteiger partial charge < -0.3 is 18.8 Å². The van der Waals surface area contributed by atoms with Gasteiger partial charge in [-0.2, -0.15) is 0 Å². The normalized spacial score (nSPS) is 26.8. The summed E-state index contributed by atoms with van der Waals surface area (Å²) in [6, 6.07) is 5.58. The van der Waals surface area contributed by atoms with Gasteiger partial charge in [0.15, 0.2) is 12.1 Å². The standard InChI is InChI=1S/C16H17N3O4/c20-15(13-9-21-11-18-13)19-6-4-16(10-19)7-12(8-22-16)23-14-3-1-2-5-17-14/h1-3,5,9,11-12H,4,6-8,10H2/t12-,16+/m1/s1. The molecule has 23 heavy (non-hydrogen) atoms. The summed E-state index contributed by atoms with van der Waals surface area (Å²) in [5.74, 6) is 0.486. The van der Waals surface area contributed by atoms with Gasteiger partial charge in [0.2, 0.25) is 5.88 Å². The molecule has 2 fully saturated rings. The van der Waals surface area contributed by atoms with E-state index in [1.165, 1.54) is 12.7 Å². The highest BCUT2D eigenvalue weighted by Crippen LogP contribution is 2.36. The Morgan fingerprint density at radius 3 is 3.13 bits per heavy atom. The summed E-state index contributed by atoms with van der Waals surface area (Å²) in [6.07, 6.45) is 5.86. The highest BCUT2D eigenvalue weighted by molar-refractivity contribution is 5.92. The maximum Gasteiger partial charge on any atom is 0.275 e. The number of carbonyl (C=O) groups is 1. The number of aromatic nitrogens is 2. The van der Waals surface area contributed by atoms with Crippen LogP contribution >= 0.6 is 0 Å². The van der Waals surface area contributed by atoms with E-state index in [2.05, 4.69) is 9.97 Å². The Balaban J connectivity index is 1.38. The minimum absolute atomic E-state index is 0.0352. The number of rotatable bonds is 3. The average molecular weight is 315 g/mol. The highest BCUT2D eigenvalue weighted by Gasteiger charge is 2.48. The van der Waals surface area contributed by atoms with Crippen LogP contribution in [0.4, 0.5) is 0 Å². The molecule has 2 aromatic rings. The van der Waals surface area contributed by atoms with Crippen LogP contribution in [0.5, 0.6) is 5.88 Å². The quantitative estimate of drug-likeness (QED) is 0.854. The molecule has 0 bridgehead atoms. The van der Waals surface area contributed by atoms with Gasteiger partial charge in [-0.1, -0.05) is 6.07 Å². The lowest BCUT2D eigenvalue weighted by atomic mass is 9.98. The molecule has 0 radical (unpaired) electrons. The second-order valence-corrected chi connectivity index (χ2v) is 5.96. The number of hydrogen-bond donors (Lipinski definition) is 0. The Morgan fingerprint density at radius 2 is 2.35 bits per heavy atom. The molecular formula is C16H17N3O4. The van der Waals surface area contributed by atoms with E-state index >= 15 is 0 Å². The maximum atomic E-state index is 12.3. The molecule has 0 unspecified atom stereocenters. The van der Waals surface area contributed by atoms with Crippen molar-refractivity contribution in [3.63, 3.8) is 0 Å². The van der Waals surface area contributed by atoms with Gasteiger partial charge in [-0.05, 0) is 12.5 Å². The van der Waals surface area contributed by atoms with Gasteiger partial charge in [-0.3, -0.25) is 4.79 Å². The fraction of sp³-hybridized carbons (Fsp3) is 0.438. The first-order chi connectivity index (χ1) is 11.2. The Bertz CT molecular complexity index is 676. The molecule has 2 saturated heterocycles. The number of ether oxygens (including phenoxy) is 2. The second-order valence-electron chi connectivity index (χ2n) is 5.96. The van der Waals surface area contributed by atoms with Crippen LogP contribution in [-0.2, 0) is 4.74 Å². The second kappa shape index (κ2) is 5.66. The third-order valence-electron chi connectivity index (χ3n) is 4.36. The number of carbonyl (C=O) groups excluding carboxylic acids is 1. The zero-order valence-electron chi connectivity index (χ0n) is 12.6. The van der Waals surface area contributed by atoms with Gasteiger partial charge in [0, 0.05) is 25.2 Å². The summed E-state index contributed by atoms with van der Waals surface area (Å²) in [5, 5.41) is 0. The molecule has 1 spiro atoms. The average Bonchev–Trinajstić information content (AvgIpc) is 3.31. The van der Waals surface area contributed by atoms with E-state index in [9.17, 15) is 4.79 Å². The van der Waals surface area contributed by atoms with Crippen molar-refractivity contribution in [1.82, 2.24) is 14.9 Å². The third kappa shape index (κ3) is 2.79. The molecule has 0 aromatic carbocycles. The summed E-state index contributed by atoms with van der Waals surface area (Å²) in [7, 11) is 0. The number of nitrogens with zero attached hydrogens (tertiary/aromatic N) is 3. The molecule has 0 N–H and O–H groups in total. The van der Waals surface area contributed by atoms with Crippen LogP contribution in [0.3, 0.4) is 0 Å². The summed E-state index contributed by atoms with van der Waals surface area (Å²) in [4.78, 5) is 22.2. The first-order valence-electron chi connectivity index (χ1n) is 7.63. The van der Waals surface area contributed by atoms with Gasteiger partial charge >= 0.3 is 0 Å². The summed E-state index contributed by atoms with van der Waals surface area (Å²) in [6.45, 7) is 1.73. The molecule has 2 atom stereocenters. The van der Waals surface area contributed by atoms with Crippen LogP contribution in [-0.4, -0.2) is 52.2 Å². The first-order valence-corrected chi connectivity index (χ1v) is 7.63. The molecule has 120 valence electrons. The Hall–Kier alpha value is -2.41. The SMILES string of the molecule is O=C(c1cocn1)N1CC[C@]2(C[C@@H](Oc3ccccn3)CO2)C1. The van der Waals surface area contributed by atoms with Gasteiger partial charge in [0.25, 0.3) is 5.91 Å². The first kappa shape index (κ1) is 14.2. The van der Waals surface area contributed by atoms with Gasteiger partial charge in [-0.25, -0.2) is 9.97 Å². The van der Waals surface area contributed by atoms with Crippen LogP contribution in [0.15, 0.2) is 41.5 Å². The van der Waals surface area contributed by atoms with Crippen LogP contribution in [0.1, 0.15) is 23.3 Å². The molecule has 2 aromatic heterocycles. The number of hydrogen-bond acceptors (Lipinski definition) is 6. The van der Waals surface area contributed by atoms with Crippen LogP contribution in [0.25, 0.3) is 0 Å². The maximum absolute atomic E-state index is 12.3. The van der Waals surface area contributed by atoms with E-state index in [1.807, 2.05) is 18.2 Å². The number of amides is 1. The van der Waals surface area contributed by atoms with E-state index in [0.717, 1.165) is 12.8 Å². The van der Waals surface area contributed by atoms with Crippen LogP contribution < -0.4 is 4.74 Å². The van der Waals surface area contributed by atoms with E-state index in [1.54, 1.807) is 11.1 Å². The minimum atomic E-state index is -0.321. The van der Waals surface area contributed by atoms with Crippen molar-refractivity contribution in [2.45, 2.75) is 24.5 Å². The lowest BCUT2D eigenvalue weighted by Gasteiger charge is -2.22. The predicted molar refractivity (Wildman–Crippen MR) is 79.0 cm³/mol. The molecule has 7 heteroatoms. The van der Waals surface area contributed by atoms with Crippen molar-refractivity contribution >= 4 is 5.91 Å². The number of pyridine rings is 1. The monoisotopic (exact) mass is 315 g/mol. The predicted octanol–water partition coefficient (Wildman–Crippen LogP) is 1.52. The zero-order valence-corrected chi connectivity index (χ0v) is 12.6. The number of likely N-dealkylation sites (tertiary alicyclic amines) is 1. The largest absolute Gasteiger partial charge is 0.472 e. The summed E-state index contributed by atoms with van der Waals surface area (Å²) >= 11 is 0. The smallest absolute Gasteiger partial charge is 0.275 e. The van der Waals surface area contributed by atoms with Crippen LogP contribution in [0, 0.1) is 0 Å². The van der Waals surface area contributed by atoms with Crippen molar-refractivity contribution in [2.75, 3.05) is 19.7 Å². The van der Waals surface area contributed by atoms with E-state index in [4.69, 9.17) is 13.9 Å². The minimum Gasteiger partial charge on any atom is -0.472 e. The lowest BCUT2D eigenvalue weighted by molar-refractivity contribution is 0.00979. The van der Waals surface area contributed by atoms with E-state index in [0.29, 0.717) is 31.3 Å². The Kier molecular flexibility index (Phi) is 3.49. The van der Waals surface area contributed by atoms with Crippen molar-refractivity contribution in [1.29, 1.82) is 0 Å². The molecule has 1 amide bonds. The molecule has 0 saturated carbocycles. The Morgan fingerprint density at radius 1 is 1.39 bits per heavy atom. The van der Waals surface area contributed by atoms with E-state index < -0.39 is 0 Å². The van der Waals surface area contributed by atoms with Crippen molar-refractivity contribution < 1.29 is 18.7 Å². The van der Waals surface area contributed by atoms with E-state index in [-0.39, 0.29) is 17.6 Å². The highest BCUT2D eigenvalue weighted by atomic mass is 16.6. The molecule has 4 heterocycles. The van der Waals surface area contributed by atoms with Crippen molar-refractivity contribution in [3.05, 3.63) is 42.7 Å².